The van der Waals surface area contributed by atoms with Gasteiger partial charge in [-0.15, -0.1) is 0 Å². The molecule has 7 nitrogen and oxygen atoms in total. The zero-order chi connectivity index (χ0) is 29.6. The first-order valence-corrected chi connectivity index (χ1v) is 14.7. The number of hydrogen-bond acceptors (Lipinski definition) is 5. The Morgan fingerprint density at radius 2 is 1.52 bits per heavy atom. The minimum absolute atomic E-state index is 0.0200. The average Bonchev–Trinajstić information content (AvgIpc) is 3.03. The van der Waals surface area contributed by atoms with E-state index in [9.17, 15) is 19.5 Å². The number of carbonyl (C=O) groups excluding carboxylic acids is 3. The van der Waals surface area contributed by atoms with Crippen LogP contribution in [-0.4, -0.2) is 42.1 Å². The Hall–Kier alpha value is -4.23. The van der Waals surface area contributed by atoms with Crippen molar-refractivity contribution < 1.29 is 24.2 Å². The molecule has 7 heteroatoms. The summed E-state index contributed by atoms with van der Waals surface area (Å²) in [5.41, 5.74) is 2.86. The first-order valence-electron chi connectivity index (χ1n) is 14.7. The molecule has 1 aliphatic heterocycles. The molecule has 4 rings (SSSR count). The van der Waals surface area contributed by atoms with Crippen LogP contribution in [0.4, 0.5) is 0 Å². The topological polar surface area (TPSA) is 105 Å². The molecule has 42 heavy (non-hydrogen) atoms. The predicted molar refractivity (Wildman–Crippen MR) is 162 cm³/mol. The number of amides is 2. The first kappa shape index (κ1) is 30.7. The number of nitrogens with one attached hydrogen (secondary N) is 2. The molecule has 0 fully saturated rings. The number of hydrogen-bond donors (Lipinski definition) is 3. The van der Waals surface area contributed by atoms with Gasteiger partial charge in [0.1, 0.15) is 6.10 Å². The van der Waals surface area contributed by atoms with Crippen LogP contribution in [0.2, 0.25) is 0 Å². The summed E-state index contributed by atoms with van der Waals surface area (Å²) in [6.07, 6.45) is 5.92. The van der Waals surface area contributed by atoms with Crippen molar-refractivity contribution in [2.45, 2.75) is 50.7 Å². The summed E-state index contributed by atoms with van der Waals surface area (Å²) in [7, 11) is 0. The second-order valence-electron chi connectivity index (χ2n) is 10.8. The van der Waals surface area contributed by atoms with Crippen molar-refractivity contribution in [2.24, 2.45) is 11.8 Å². The second kappa shape index (κ2) is 16.3. The van der Waals surface area contributed by atoms with E-state index < -0.39 is 18.1 Å². The van der Waals surface area contributed by atoms with E-state index in [1.165, 1.54) is 0 Å². The zero-order valence-electron chi connectivity index (χ0n) is 23.9. The number of allylic oxidation sites excluding steroid dienone is 2. The number of rotatable bonds is 9. The monoisotopic (exact) mass is 568 g/mol. The molecule has 0 aliphatic carbocycles. The fourth-order valence-electron chi connectivity index (χ4n) is 5.20. The molecule has 3 N–H and O–H groups in total. The highest BCUT2D eigenvalue weighted by Gasteiger charge is 2.28. The summed E-state index contributed by atoms with van der Waals surface area (Å²) >= 11 is 0. The number of aliphatic hydroxyl groups is 1. The van der Waals surface area contributed by atoms with Crippen LogP contribution in [0.25, 0.3) is 0 Å². The summed E-state index contributed by atoms with van der Waals surface area (Å²) in [6.45, 7) is -0.104. The smallest absolute Gasteiger partial charge is 0.309 e. The Labute approximate surface area is 248 Å². The van der Waals surface area contributed by atoms with Crippen LogP contribution < -0.4 is 10.6 Å². The SMILES string of the molecule is O=C(C[C@H]1CC=CCC[C@H](Cc2ccccc2)C(=O)O[C@H](c2ccccc2)CNC1=O)N[C@@H](CO)Cc1ccccc1. The fraction of sp³-hybridized carbons (Fsp3) is 0.343. The summed E-state index contributed by atoms with van der Waals surface area (Å²) in [5.74, 6) is -1.81. The van der Waals surface area contributed by atoms with Crippen LogP contribution in [0.15, 0.2) is 103 Å². The van der Waals surface area contributed by atoms with Crippen LogP contribution in [0.3, 0.4) is 0 Å². The molecule has 0 saturated heterocycles. The minimum atomic E-state index is -0.659. The lowest BCUT2D eigenvalue weighted by Gasteiger charge is -2.24. The zero-order valence-corrected chi connectivity index (χ0v) is 23.9. The van der Waals surface area contributed by atoms with E-state index in [1.54, 1.807) is 0 Å². The quantitative estimate of drug-likeness (QED) is 0.256. The van der Waals surface area contributed by atoms with E-state index in [1.807, 2.05) is 103 Å². The third-order valence-corrected chi connectivity index (χ3v) is 7.53. The lowest BCUT2D eigenvalue weighted by Crippen LogP contribution is -2.42. The van der Waals surface area contributed by atoms with Gasteiger partial charge in [-0.05, 0) is 48.8 Å². The summed E-state index contributed by atoms with van der Waals surface area (Å²) in [5, 5.41) is 15.7. The molecule has 3 aromatic carbocycles. The molecular formula is C35H40N2O5. The molecule has 220 valence electrons. The number of ether oxygens (including phenoxy) is 1. The van der Waals surface area contributed by atoms with E-state index >= 15 is 0 Å². The minimum Gasteiger partial charge on any atom is -0.455 e. The largest absolute Gasteiger partial charge is 0.455 e. The normalized spacial score (nSPS) is 20.6. The van der Waals surface area contributed by atoms with Gasteiger partial charge in [0, 0.05) is 6.42 Å². The van der Waals surface area contributed by atoms with Crippen molar-refractivity contribution in [3.05, 3.63) is 120 Å². The molecule has 0 unspecified atom stereocenters. The van der Waals surface area contributed by atoms with E-state index in [4.69, 9.17) is 4.74 Å². The highest BCUT2D eigenvalue weighted by Crippen LogP contribution is 2.24. The van der Waals surface area contributed by atoms with Crippen molar-refractivity contribution in [2.75, 3.05) is 13.2 Å². The second-order valence-corrected chi connectivity index (χ2v) is 10.8. The third kappa shape index (κ3) is 9.70. The molecule has 0 spiro atoms. The molecule has 0 saturated carbocycles. The van der Waals surface area contributed by atoms with Crippen molar-refractivity contribution >= 4 is 17.8 Å². The molecular weight excluding hydrogens is 528 g/mol. The maximum Gasteiger partial charge on any atom is 0.309 e. The first-order chi connectivity index (χ1) is 20.5. The van der Waals surface area contributed by atoms with Crippen molar-refractivity contribution in [3.8, 4) is 0 Å². The highest BCUT2D eigenvalue weighted by atomic mass is 16.5. The molecule has 2 amide bonds. The average molecular weight is 569 g/mol. The lowest BCUT2D eigenvalue weighted by molar-refractivity contribution is -0.155. The van der Waals surface area contributed by atoms with Gasteiger partial charge in [0.15, 0.2) is 0 Å². The Morgan fingerprint density at radius 3 is 2.19 bits per heavy atom. The molecule has 3 aromatic rings. The molecule has 0 radical (unpaired) electrons. The van der Waals surface area contributed by atoms with Crippen LogP contribution in [0.5, 0.6) is 0 Å². The molecule has 4 atom stereocenters. The molecule has 0 bridgehead atoms. The van der Waals surface area contributed by atoms with Gasteiger partial charge in [0.2, 0.25) is 11.8 Å². The standard InChI is InChI=1S/C35H40N2O5/c38-25-31(22-27-15-7-2-8-16-27)37-33(39)23-29-19-11-4-12-20-30(21-26-13-5-1-6-14-26)35(41)42-32(24-36-34(29)40)28-17-9-3-10-18-28/h1-11,13-18,29-32,38H,12,19-25H2,(H,36,40)(H,37,39)/t29-,30-,31-,32+/m1/s1. The van der Waals surface area contributed by atoms with Crippen LogP contribution >= 0.6 is 0 Å². The third-order valence-electron chi connectivity index (χ3n) is 7.53. The van der Waals surface area contributed by atoms with Crippen molar-refractivity contribution in [3.63, 3.8) is 0 Å². The number of esters is 1. The number of carbonyl (C=O) groups is 3. The van der Waals surface area contributed by atoms with Gasteiger partial charge in [-0.1, -0.05) is 103 Å². The Bertz CT molecular complexity index is 1300. The van der Waals surface area contributed by atoms with Gasteiger partial charge in [-0.25, -0.2) is 0 Å². The van der Waals surface area contributed by atoms with E-state index in [0.29, 0.717) is 32.1 Å². The van der Waals surface area contributed by atoms with Crippen LogP contribution in [0, 0.1) is 11.8 Å². The summed E-state index contributed by atoms with van der Waals surface area (Å²) in [4.78, 5) is 39.8. The van der Waals surface area contributed by atoms with Gasteiger partial charge in [0.25, 0.3) is 0 Å². The van der Waals surface area contributed by atoms with Gasteiger partial charge in [-0.2, -0.15) is 0 Å². The number of cyclic esters (lactones) is 1. The van der Waals surface area contributed by atoms with Gasteiger partial charge in [0.05, 0.1) is 31.0 Å². The Morgan fingerprint density at radius 1 is 0.881 bits per heavy atom. The Kier molecular flexibility index (Phi) is 11.9. The van der Waals surface area contributed by atoms with E-state index in [0.717, 1.165) is 16.7 Å². The molecule has 1 aliphatic rings. The fourth-order valence-corrected chi connectivity index (χ4v) is 5.20. The van der Waals surface area contributed by atoms with Crippen LogP contribution in [-0.2, 0) is 32.0 Å². The Balaban J connectivity index is 1.47. The molecule has 1 heterocycles. The number of aliphatic hydroxyl groups excluding tert-OH is 1. The van der Waals surface area contributed by atoms with Crippen LogP contribution in [0.1, 0.15) is 48.5 Å². The number of benzene rings is 3. The predicted octanol–water partition coefficient (Wildman–Crippen LogP) is 4.71. The lowest BCUT2D eigenvalue weighted by atomic mass is 9.94. The van der Waals surface area contributed by atoms with E-state index in [2.05, 4.69) is 10.6 Å². The van der Waals surface area contributed by atoms with Crippen molar-refractivity contribution in [1.82, 2.24) is 10.6 Å². The maximum absolute atomic E-state index is 13.4. The highest BCUT2D eigenvalue weighted by molar-refractivity contribution is 5.86. The van der Waals surface area contributed by atoms with Gasteiger partial charge in [-0.3, -0.25) is 14.4 Å². The van der Waals surface area contributed by atoms with E-state index in [-0.39, 0.29) is 43.3 Å². The van der Waals surface area contributed by atoms with Crippen molar-refractivity contribution in [1.29, 1.82) is 0 Å². The summed E-state index contributed by atoms with van der Waals surface area (Å²) < 4.78 is 6.04. The van der Waals surface area contributed by atoms with Gasteiger partial charge >= 0.3 is 5.97 Å². The maximum atomic E-state index is 13.4. The van der Waals surface area contributed by atoms with Gasteiger partial charge < -0.3 is 20.5 Å². The molecule has 0 aromatic heterocycles. The summed E-state index contributed by atoms with van der Waals surface area (Å²) in [6, 6.07) is 28.5.